The van der Waals surface area contributed by atoms with Crippen LogP contribution in [0.1, 0.15) is 32.1 Å². The van der Waals surface area contributed by atoms with Gasteiger partial charge in [0.25, 0.3) is 0 Å². The van der Waals surface area contributed by atoms with Gasteiger partial charge in [-0.2, -0.15) is 0 Å². The van der Waals surface area contributed by atoms with Crippen molar-refractivity contribution in [2.45, 2.75) is 37.6 Å². The predicted molar refractivity (Wildman–Crippen MR) is 56.3 cm³/mol. The molecule has 3 nitrogen and oxygen atoms in total. The Bertz CT molecular complexity index is 229. The summed E-state index contributed by atoms with van der Waals surface area (Å²) in [5.74, 6) is 0.452. The third kappa shape index (κ3) is 2.15. The summed E-state index contributed by atoms with van der Waals surface area (Å²) in [6.07, 6.45) is 5.02. The van der Waals surface area contributed by atoms with Gasteiger partial charge in [-0.1, -0.05) is 0 Å². The van der Waals surface area contributed by atoms with Crippen LogP contribution in [0.2, 0.25) is 0 Å². The minimum absolute atomic E-state index is 0.153. The maximum atomic E-state index is 11.5. The Hall–Kier alpha value is -0.410. The Morgan fingerprint density at radius 1 is 1.36 bits per heavy atom. The van der Waals surface area contributed by atoms with Crippen molar-refractivity contribution in [1.82, 2.24) is 10.2 Å². The van der Waals surface area contributed by atoms with Crippen LogP contribution >= 0.6 is 0 Å². The van der Waals surface area contributed by atoms with Crippen molar-refractivity contribution >= 4 is 5.78 Å². The molecular formula is C11H20N2O. The average Bonchev–Trinajstić information content (AvgIpc) is 2.30. The van der Waals surface area contributed by atoms with Gasteiger partial charge in [0.2, 0.25) is 0 Å². The summed E-state index contributed by atoms with van der Waals surface area (Å²) in [4.78, 5) is 13.8. The average molecular weight is 196 g/mol. The van der Waals surface area contributed by atoms with E-state index in [0.29, 0.717) is 5.78 Å². The van der Waals surface area contributed by atoms with Crippen LogP contribution in [0, 0.1) is 0 Å². The summed E-state index contributed by atoms with van der Waals surface area (Å²) in [6, 6.07) is 0. The monoisotopic (exact) mass is 196 g/mol. The fourth-order valence-corrected chi connectivity index (χ4v) is 2.68. The Balaban J connectivity index is 2.02. The van der Waals surface area contributed by atoms with Crippen molar-refractivity contribution in [3.05, 3.63) is 0 Å². The number of hydrogen-bond donors (Lipinski definition) is 1. The van der Waals surface area contributed by atoms with Crippen LogP contribution in [0.3, 0.4) is 0 Å². The molecule has 3 heteroatoms. The largest absolute Gasteiger partial charge is 0.310 e. The summed E-state index contributed by atoms with van der Waals surface area (Å²) in [5, 5.41) is 3.58. The van der Waals surface area contributed by atoms with Gasteiger partial charge in [0.05, 0.1) is 0 Å². The van der Waals surface area contributed by atoms with E-state index in [-0.39, 0.29) is 5.54 Å². The maximum Gasteiger partial charge on any atom is 0.136 e. The van der Waals surface area contributed by atoms with E-state index in [4.69, 9.17) is 0 Å². The molecule has 0 saturated carbocycles. The summed E-state index contributed by atoms with van der Waals surface area (Å²) in [5.41, 5.74) is 0.153. The van der Waals surface area contributed by atoms with E-state index in [9.17, 15) is 4.79 Å². The number of Topliss-reactive ketones (excluding diaryl/α,β-unsaturated/α-hetero) is 1. The van der Waals surface area contributed by atoms with Crippen molar-refractivity contribution in [1.29, 1.82) is 0 Å². The van der Waals surface area contributed by atoms with Gasteiger partial charge in [-0.25, -0.2) is 0 Å². The Kier molecular flexibility index (Phi) is 2.88. The first-order valence-corrected chi connectivity index (χ1v) is 5.66. The highest BCUT2D eigenvalue weighted by molar-refractivity contribution is 5.80. The summed E-state index contributed by atoms with van der Waals surface area (Å²) in [7, 11) is 2.17. The second kappa shape index (κ2) is 3.99. The first-order valence-electron chi connectivity index (χ1n) is 5.66. The first-order chi connectivity index (χ1) is 6.70. The van der Waals surface area contributed by atoms with E-state index < -0.39 is 0 Å². The maximum absolute atomic E-state index is 11.5. The van der Waals surface area contributed by atoms with Gasteiger partial charge in [-0.05, 0) is 39.4 Å². The van der Waals surface area contributed by atoms with Gasteiger partial charge in [0, 0.05) is 24.9 Å². The highest BCUT2D eigenvalue weighted by Gasteiger charge is 2.35. The fraction of sp³-hybridized carbons (Fsp3) is 0.909. The molecular weight excluding hydrogens is 176 g/mol. The lowest BCUT2D eigenvalue weighted by atomic mass is 9.82. The molecule has 0 aromatic heterocycles. The van der Waals surface area contributed by atoms with Crippen molar-refractivity contribution < 1.29 is 4.79 Å². The summed E-state index contributed by atoms with van der Waals surface area (Å²) in [6.45, 7) is 3.19. The third-order valence-electron chi connectivity index (χ3n) is 3.61. The Labute approximate surface area is 85.8 Å². The van der Waals surface area contributed by atoms with Crippen LogP contribution in [0.15, 0.2) is 0 Å². The highest BCUT2D eigenvalue weighted by atomic mass is 16.1. The molecule has 80 valence electrons. The van der Waals surface area contributed by atoms with Gasteiger partial charge >= 0.3 is 0 Å². The number of likely N-dealkylation sites (tertiary alicyclic amines) is 1. The van der Waals surface area contributed by atoms with Crippen molar-refractivity contribution in [3.8, 4) is 0 Å². The minimum Gasteiger partial charge on any atom is -0.310 e. The zero-order valence-corrected chi connectivity index (χ0v) is 9.01. The number of nitrogens with one attached hydrogen (secondary N) is 1. The van der Waals surface area contributed by atoms with Crippen molar-refractivity contribution in [3.63, 3.8) is 0 Å². The molecule has 2 fully saturated rings. The normalized spacial score (nSPS) is 35.9. The fourth-order valence-electron chi connectivity index (χ4n) is 2.68. The van der Waals surface area contributed by atoms with Gasteiger partial charge in [-0.15, -0.1) is 0 Å². The number of piperidine rings is 1. The summed E-state index contributed by atoms with van der Waals surface area (Å²) < 4.78 is 0. The molecule has 14 heavy (non-hydrogen) atoms. The zero-order chi connectivity index (χ0) is 10.0. The highest BCUT2D eigenvalue weighted by Crippen LogP contribution is 2.28. The van der Waals surface area contributed by atoms with Crippen LogP contribution in [-0.2, 0) is 4.79 Å². The molecule has 2 aliphatic rings. The van der Waals surface area contributed by atoms with Gasteiger partial charge in [-0.3, -0.25) is 4.79 Å². The van der Waals surface area contributed by atoms with E-state index >= 15 is 0 Å². The Morgan fingerprint density at radius 3 is 3.00 bits per heavy atom. The number of ketones is 1. The van der Waals surface area contributed by atoms with E-state index in [1.165, 1.54) is 19.4 Å². The second-order valence-corrected chi connectivity index (χ2v) is 4.83. The predicted octanol–water partition coefficient (Wildman–Crippen LogP) is 0.793. The molecule has 0 aromatic carbocycles. The van der Waals surface area contributed by atoms with E-state index in [1.54, 1.807) is 0 Å². The van der Waals surface area contributed by atoms with Gasteiger partial charge < -0.3 is 10.2 Å². The molecule has 2 heterocycles. The zero-order valence-electron chi connectivity index (χ0n) is 9.01. The van der Waals surface area contributed by atoms with E-state index in [0.717, 1.165) is 32.4 Å². The summed E-state index contributed by atoms with van der Waals surface area (Å²) >= 11 is 0. The molecule has 1 spiro atoms. The number of carbonyl (C=O) groups is 1. The molecule has 0 aliphatic carbocycles. The Morgan fingerprint density at radius 2 is 2.21 bits per heavy atom. The van der Waals surface area contributed by atoms with Gasteiger partial charge in [0.15, 0.2) is 0 Å². The molecule has 0 amide bonds. The second-order valence-electron chi connectivity index (χ2n) is 4.83. The molecule has 0 radical (unpaired) electrons. The molecule has 2 rings (SSSR count). The standard InChI is InChI=1S/C11H20N2O/c1-13-7-2-4-11(5-8-13)9-10(14)3-6-12-11/h12H,2-9H2,1H3. The number of hydrogen-bond acceptors (Lipinski definition) is 3. The van der Waals surface area contributed by atoms with Crippen molar-refractivity contribution in [2.24, 2.45) is 0 Å². The molecule has 1 N–H and O–H groups in total. The van der Waals surface area contributed by atoms with Crippen LogP contribution in [0.4, 0.5) is 0 Å². The molecule has 0 bridgehead atoms. The SMILES string of the molecule is CN1CCCC2(CC1)CC(=O)CCN2. The molecule has 2 saturated heterocycles. The minimum atomic E-state index is 0.153. The van der Waals surface area contributed by atoms with Crippen LogP contribution in [-0.4, -0.2) is 42.9 Å². The molecule has 1 unspecified atom stereocenters. The van der Waals surface area contributed by atoms with Crippen molar-refractivity contribution in [2.75, 3.05) is 26.7 Å². The quantitative estimate of drug-likeness (QED) is 0.622. The number of carbonyl (C=O) groups excluding carboxylic acids is 1. The topological polar surface area (TPSA) is 32.3 Å². The van der Waals surface area contributed by atoms with E-state index in [1.807, 2.05) is 0 Å². The third-order valence-corrected chi connectivity index (χ3v) is 3.61. The lowest BCUT2D eigenvalue weighted by molar-refractivity contribution is -0.122. The lowest BCUT2D eigenvalue weighted by Gasteiger charge is -2.37. The first kappa shape index (κ1) is 10.1. The molecule has 1 atom stereocenters. The van der Waals surface area contributed by atoms with Crippen LogP contribution in [0.5, 0.6) is 0 Å². The molecule has 2 aliphatic heterocycles. The molecule has 0 aromatic rings. The lowest BCUT2D eigenvalue weighted by Crippen LogP contribution is -2.51. The number of rotatable bonds is 0. The number of nitrogens with zero attached hydrogens (tertiary/aromatic N) is 1. The van der Waals surface area contributed by atoms with E-state index in [2.05, 4.69) is 17.3 Å². The van der Waals surface area contributed by atoms with Crippen LogP contribution in [0.25, 0.3) is 0 Å². The smallest absolute Gasteiger partial charge is 0.136 e. The van der Waals surface area contributed by atoms with Gasteiger partial charge in [0.1, 0.15) is 5.78 Å². The van der Waals surface area contributed by atoms with Crippen LogP contribution < -0.4 is 5.32 Å².